The first-order valence-corrected chi connectivity index (χ1v) is 17.0. The number of esters is 1. The van der Waals surface area contributed by atoms with Crippen LogP contribution in [-0.2, 0) is 26.0 Å². The van der Waals surface area contributed by atoms with Crippen molar-refractivity contribution >= 4 is 16.0 Å². The zero-order valence-corrected chi connectivity index (χ0v) is 27.2. The highest BCUT2D eigenvalue weighted by atomic mass is 32.2. The van der Waals surface area contributed by atoms with Crippen molar-refractivity contribution in [3.63, 3.8) is 0 Å². The van der Waals surface area contributed by atoms with Crippen molar-refractivity contribution in [2.45, 2.75) is 64.2 Å². The molecule has 240 valence electrons. The van der Waals surface area contributed by atoms with E-state index >= 15 is 4.39 Å². The van der Waals surface area contributed by atoms with E-state index in [2.05, 4.69) is 0 Å². The molecular weight excluding hydrogens is 597 g/mol. The summed E-state index contributed by atoms with van der Waals surface area (Å²) < 4.78 is 64.7. The molecule has 0 aromatic heterocycles. The number of ether oxygens (including phenoxy) is 4. The maximum Gasteiger partial charge on any atom is 0.306 e. The first-order valence-electron chi connectivity index (χ1n) is 15.5. The van der Waals surface area contributed by atoms with Crippen LogP contribution in [0.5, 0.6) is 17.2 Å². The second-order valence-corrected chi connectivity index (χ2v) is 15.1. The first-order chi connectivity index (χ1) is 21.5. The van der Waals surface area contributed by atoms with Crippen molar-refractivity contribution in [2.75, 3.05) is 33.4 Å². The van der Waals surface area contributed by atoms with Gasteiger partial charge in [0, 0.05) is 42.1 Å². The predicted molar refractivity (Wildman–Crippen MR) is 169 cm³/mol. The van der Waals surface area contributed by atoms with Gasteiger partial charge in [-0.15, -0.1) is 0 Å². The number of carbonyl (C=O) groups is 1. The molecule has 10 heteroatoms. The third-order valence-corrected chi connectivity index (χ3v) is 11.4. The fourth-order valence-corrected chi connectivity index (χ4v) is 8.19. The third-order valence-electron chi connectivity index (χ3n) is 9.21. The minimum atomic E-state index is -3.22. The lowest BCUT2D eigenvalue weighted by atomic mass is 9.90. The van der Waals surface area contributed by atoms with E-state index in [4.69, 9.17) is 18.9 Å². The zero-order chi connectivity index (χ0) is 32.0. The van der Waals surface area contributed by atoms with Gasteiger partial charge in [0.05, 0.1) is 32.0 Å². The van der Waals surface area contributed by atoms with Crippen molar-refractivity contribution in [1.29, 1.82) is 0 Å². The molecule has 8 nitrogen and oxygen atoms in total. The van der Waals surface area contributed by atoms with Crippen LogP contribution < -0.4 is 14.2 Å². The van der Waals surface area contributed by atoms with Crippen LogP contribution in [0.1, 0.15) is 66.5 Å². The van der Waals surface area contributed by atoms with Gasteiger partial charge >= 0.3 is 5.97 Å². The highest BCUT2D eigenvalue weighted by Crippen LogP contribution is 2.45. The molecule has 2 heterocycles. The molecule has 1 saturated heterocycles. The maximum absolute atomic E-state index is 15.4. The summed E-state index contributed by atoms with van der Waals surface area (Å²) in [7, 11) is -1.84. The fourth-order valence-electron chi connectivity index (χ4n) is 6.75. The van der Waals surface area contributed by atoms with Gasteiger partial charge in [0.15, 0.2) is 0 Å². The van der Waals surface area contributed by atoms with Crippen LogP contribution >= 0.6 is 0 Å². The van der Waals surface area contributed by atoms with Crippen LogP contribution in [0.4, 0.5) is 4.39 Å². The Morgan fingerprint density at radius 2 is 1.80 bits per heavy atom. The van der Waals surface area contributed by atoms with E-state index < -0.39 is 21.4 Å². The number of fused-ring (bicyclic) bond motifs is 2. The fraction of sp³-hybridized carbons (Fsp3) is 0.457. The van der Waals surface area contributed by atoms with Gasteiger partial charge < -0.3 is 18.9 Å². The number of nitrogens with zero attached hydrogens (tertiary/aromatic N) is 1. The van der Waals surface area contributed by atoms with Crippen LogP contribution in [0.3, 0.4) is 0 Å². The van der Waals surface area contributed by atoms with Gasteiger partial charge in [-0.25, -0.2) is 17.1 Å². The van der Waals surface area contributed by atoms with E-state index in [1.807, 2.05) is 50.2 Å². The standard InChI is InChI=1S/C35H40FNO7S/c1-20(2)45(39,40)37-16-23(17-37)18-42-26-12-21(3)34(22(4)13-26)28-8-10-30(36)35-29(28)9-11-31(35)44-25-6-7-27-24(14-33(38)41-5)19-43-32(27)15-25/h6-8,10,12-13,15,20,23-24,31H,9,11,14,16-19H2,1-5H3/t24-,31-/m1/s1. The lowest BCUT2D eigenvalue weighted by molar-refractivity contribution is -0.141. The van der Waals surface area contributed by atoms with Crippen molar-refractivity contribution in [3.05, 3.63) is 76.1 Å². The molecule has 0 spiro atoms. The van der Waals surface area contributed by atoms with E-state index in [1.165, 1.54) is 17.5 Å². The van der Waals surface area contributed by atoms with Crippen molar-refractivity contribution in [2.24, 2.45) is 5.92 Å². The Hall–Kier alpha value is -3.63. The summed E-state index contributed by atoms with van der Waals surface area (Å²) in [6, 6.07) is 13.0. The molecular formula is C35H40FNO7S. The number of methoxy groups -OCH3 is 1. The quantitative estimate of drug-likeness (QED) is 0.242. The average molecular weight is 638 g/mol. The summed E-state index contributed by atoms with van der Waals surface area (Å²) >= 11 is 0. The third kappa shape index (κ3) is 6.02. The summed E-state index contributed by atoms with van der Waals surface area (Å²) in [5.74, 6) is 1.56. The summed E-state index contributed by atoms with van der Waals surface area (Å²) in [6.07, 6.45) is 1.15. The SMILES string of the molecule is COC(=O)C[C@@H]1COc2cc(O[C@@H]3CCc4c(-c5c(C)cc(OCC6CN(S(=O)(=O)C(C)C)C6)cc5C)ccc(F)c43)ccc21. The lowest BCUT2D eigenvalue weighted by Gasteiger charge is -2.38. The molecule has 1 aliphatic carbocycles. The van der Waals surface area contributed by atoms with Gasteiger partial charge in [-0.05, 0) is 92.6 Å². The zero-order valence-electron chi connectivity index (χ0n) is 26.4. The molecule has 45 heavy (non-hydrogen) atoms. The van der Waals surface area contributed by atoms with Crippen LogP contribution in [-0.4, -0.2) is 57.4 Å². The Bertz CT molecular complexity index is 1710. The van der Waals surface area contributed by atoms with Crippen molar-refractivity contribution in [1.82, 2.24) is 4.31 Å². The summed E-state index contributed by atoms with van der Waals surface area (Å²) in [5, 5.41) is -0.422. The smallest absolute Gasteiger partial charge is 0.306 e. The molecule has 0 saturated carbocycles. The second-order valence-electron chi connectivity index (χ2n) is 12.6. The summed E-state index contributed by atoms with van der Waals surface area (Å²) in [6.45, 7) is 9.29. The molecule has 0 N–H and O–H groups in total. The Labute approximate surface area is 264 Å². The Balaban J connectivity index is 1.16. The Morgan fingerprint density at radius 3 is 2.49 bits per heavy atom. The number of rotatable bonds is 10. The van der Waals surface area contributed by atoms with Gasteiger partial charge in [-0.3, -0.25) is 4.79 Å². The molecule has 2 atom stereocenters. The predicted octanol–water partition coefficient (Wildman–Crippen LogP) is 6.26. The first kappa shape index (κ1) is 31.4. The summed E-state index contributed by atoms with van der Waals surface area (Å²) in [4.78, 5) is 11.8. The highest BCUT2D eigenvalue weighted by Gasteiger charge is 2.38. The normalized spacial score (nSPS) is 19.5. The van der Waals surface area contributed by atoms with E-state index in [9.17, 15) is 13.2 Å². The monoisotopic (exact) mass is 637 g/mol. The molecule has 0 unspecified atom stereocenters. The van der Waals surface area contributed by atoms with E-state index in [1.54, 1.807) is 13.8 Å². The van der Waals surface area contributed by atoms with E-state index in [0.717, 1.165) is 39.1 Å². The molecule has 3 aliphatic rings. The summed E-state index contributed by atoms with van der Waals surface area (Å²) in [5.41, 5.74) is 6.59. The molecule has 1 fully saturated rings. The van der Waals surface area contributed by atoms with Gasteiger partial charge in [0.1, 0.15) is 29.2 Å². The van der Waals surface area contributed by atoms with Gasteiger partial charge in [-0.2, -0.15) is 0 Å². The Kier molecular flexibility index (Phi) is 8.56. The molecule has 0 bridgehead atoms. The minimum absolute atomic E-state index is 0.0610. The molecule has 0 radical (unpaired) electrons. The van der Waals surface area contributed by atoms with Crippen LogP contribution in [0.25, 0.3) is 11.1 Å². The minimum Gasteiger partial charge on any atom is -0.493 e. The molecule has 3 aromatic carbocycles. The van der Waals surface area contributed by atoms with Crippen LogP contribution in [0.2, 0.25) is 0 Å². The largest absolute Gasteiger partial charge is 0.493 e. The second kappa shape index (κ2) is 12.3. The van der Waals surface area contributed by atoms with Gasteiger partial charge in [0.2, 0.25) is 10.0 Å². The van der Waals surface area contributed by atoms with Crippen LogP contribution in [0.15, 0.2) is 42.5 Å². The lowest BCUT2D eigenvalue weighted by Crippen LogP contribution is -2.53. The van der Waals surface area contributed by atoms with E-state index in [0.29, 0.717) is 56.2 Å². The number of halogens is 1. The topological polar surface area (TPSA) is 91.4 Å². The average Bonchev–Trinajstić information content (AvgIpc) is 3.57. The van der Waals surface area contributed by atoms with Crippen LogP contribution in [0, 0.1) is 25.6 Å². The number of hydrogen-bond acceptors (Lipinski definition) is 7. The number of sulfonamides is 1. The number of benzene rings is 3. The number of hydrogen-bond donors (Lipinski definition) is 0. The Morgan fingerprint density at radius 1 is 1.07 bits per heavy atom. The molecule has 3 aromatic rings. The molecule has 6 rings (SSSR count). The highest BCUT2D eigenvalue weighted by molar-refractivity contribution is 7.89. The molecule has 0 amide bonds. The maximum atomic E-state index is 15.4. The van der Waals surface area contributed by atoms with Crippen molar-refractivity contribution in [3.8, 4) is 28.4 Å². The molecule has 2 aliphatic heterocycles. The van der Waals surface area contributed by atoms with Gasteiger partial charge in [0.25, 0.3) is 0 Å². The van der Waals surface area contributed by atoms with Gasteiger partial charge in [-0.1, -0.05) is 12.1 Å². The number of carbonyl (C=O) groups excluding carboxylic acids is 1. The number of aryl methyl sites for hydroxylation is 2. The van der Waals surface area contributed by atoms with E-state index in [-0.39, 0.29) is 30.0 Å². The van der Waals surface area contributed by atoms with Crippen molar-refractivity contribution < 1.29 is 36.6 Å².